The average Bonchev–Trinajstić information content (AvgIpc) is 2.39. The van der Waals surface area contributed by atoms with Crippen LogP contribution in [-0.2, 0) is 0 Å². The first-order valence-corrected chi connectivity index (χ1v) is 7.82. The first-order valence-electron chi connectivity index (χ1n) is 7.82. The van der Waals surface area contributed by atoms with E-state index in [1.54, 1.807) is 0 Å². The number of ether oxygens (including phenoxy) is 1. The molecule has 0 radical (unpaired) electrons. The topological polar surface area (TPSA) is 47.3 Å². The third kappa shape index (κ3) is 3.74. The Morgan fingerprint density at radius 2 is 1.95 bits per heavy atom. The van der Waals surface area contributed by atoms with Gasteiger partial charge in [-0.05, 0) is 61.6 Å². The van der Waals surface area contributed by atoms with Crippen molar-refractivity contribution in [2.24, 2.45) is 23.6 Å². The summed E-state index contributed by atoms with van der Waals surface area (Å²) in [6.45, 7) is 7.41. The van der Waals surface area contributed by atoms with Crippen LogP contribution < -0.4 is 16.0 Å². The molecule has 1 fully saturated rings. The summed E-state index contributed by atoms with van der Waals surface area (Å²) in [6.07, 6.45) is 3.84. The highest BCUT2D eigenvalue weighted by molar-refractivity contribution is 5.31. The summed E-state index contributed by atoms with van der Waals surface area (Å²) in [5.41, 5.74) is 4.28. The van der Waals surface area contributed by atoms with Crippen molar-refractivity contribution in [2.45, 2.75) is 46.1 Å². The van der Waals surface area contributed by atoms with Gasteiger partial charge >= 0.3 is 0 Å². The maximum absolute atomic E-state index is 5.86. The molecule has 1 aromatic rings. The molecule has 0 saturated heterocycles. The van der Waals surface area contributed by atoms with E-state index in [-0.39, 0.29) is 6.04 Å². The van der Waals surface area contributed by atoms with Gasteiger partial charge in [-0.1, -0.05) is 26.0 Å². The SMILES string of the molecule is CCOc1cccc(C(NN)C2CC(C)CC(C)C2)c1. The van der Waals surface area contributed by atoms with Gasteiger partial charge in [-0.2, -0.15) is 0 Å². The Labute approximate surface area is 122 Å². The van der Waals surface area contributed by atoms with E-state index in [2.05, 4.69) is 37.5 Å². The molecular formula is C17H28N2O. The molecule has 0 amide bonds. The zero-order chi connectivity index (χ0) is 14.5. The first kappa shape index (κ1) is 15.3. The van der Waals surface area contributed by atoms with Crippen LogP contribution in [0.4, 0.5) is 0 Å². The minimum Gasteiger partial charge on any atom is -0.494 e. The van der Waals surface area contributed by atoms with Crippen molar-refractivity contribution < 1.29 is 4.74 Å². The normalized spacial score (nSPS) is 28.1. The lowest BCUT2D eigenvalue weighted by molar-refractivity contribution is 0.176. The van der Waals surface area contributed by atoms with Crippen molar-refractivity contribution in [3.63, 3.8) is 0 Å². The molecule has 1 aliphatic rings. The molecule has 3 N–H and O–H groups in total. The molecule has 1 saturated carbocycles. The molecule has 3 unspecified atom stereocenters. The number of benzene rings is 1. The van der Waals surface area contributed by atoms with Crippen LogP contribution in [0, 0.1) is 17.8 Å². The number of nitrogens with one attached hydrogen (secondary N) is 1. The lowest BCUT2D eigenvalue weighted by Crippen LogP contribution is -2.37. The molecule has 2 rings (SSSR count). The van der Waals surface area contributed by atoms with Crippen molar-refractivity contribution >= 4 is 0 Å². The van der Waals surface area contributed by atoms with E-state index in [1.165, 1.54) is 24.8 Å². The van der Waals surface area contributed by atoms with Crippen LogP contribution >= 0.6 is 0 Å². The highest BCUT2D eigenvalue weighted by atomic mass is 16.5. The van der Waals surface area contributed by atoms with Crippen LogP contribution in [0.1, 0.15) is 51.6 Å². The van der Waals surface area contributed by atoms with Gasteiger partial charge in [-0.3, -0.25) is 11.3 Å². The number of hydrazine groups is 1. The van der Waals surface area contributed by atoms with E-state index in [4.69, 9.17) is 10.6 Å². The molecule has 3 atom stereocenters. The molecule has 3 nitrogen and oxygen atoms in total. The Morgan fingerprint density at radius 3 is 2.55 bits per heavy atom. The van der Waals surface area contributed by atoms with Gasteiger partial charge in [-0.25, -0.2) is 0 Å². The van der Waals surface area contributed by atoms with E-state index >= 15 is 0 Å². The quantitative estimate of drug-likeness (QED) is 0.637. The predicted molar refractivity (Wildman–Crippen MR) is 83.3 cm³/mol. The first-order chi connectivity index (χ1) is 9.63. The minimum absolute atomic E-state index is 0.223. The standard InChI is InChI=1S/C17H28N2O/c1-4-20-16-7-5-6-14(11-16)17(19-18)15-9-12(2)8-13(3)10-15/h5-7,11-13,15,17,19H,4,8-10,18H2,1-3H3. The van der Waals surface area contributed by atoms with E-state index in [9.17, 15) is 0 Å². The van der Waals surface area contributed by atoms with Gasteiger partial charge < -0.3 is 4.74 Å². The summed E-state index contributed by atoms with van der Waals surface area (Å²) in [5, 5.41) is 0. The Morgan fingerprint density at radius 1 is 1.25 bits per heavy atom. The number of hydrogen-bond acceptors (Lipinski definition) is 3. The molecule has 112 valence electrons. The summed E-state index contributed by atoms with van der Waals surface area (Å²) in [7, 11) is 0. The summed E-state index contributed by atoms with van der Waals surface area (Å²) >= 11 is 0. The summed E-state index contributed by atoms with van der Waals surface area (Å²) in [6, 6.07) is 8.56. The van der Waals surface area contributed by atoms with Crippen molar-refractivity contribution in [3.8, 4) is 5.75 Å². The van der Waals surface area contributed by atoms with Gasteiger partial charge in [0.1, 0.15) is 5.75 Å². The molecule has 0 aliphatic heterocycles. The fraction of sp³-hybridized carbons (Fsp3) is 0.647. The number of nitrogens with two attached hydrogens (primary N) is 1. The van der Waals surface area contributed by atoms with Crippen LogP contribution in [0.3, 0.4) is 0 Å². The molecule has 0 bridgehead atoms. The Hall–Kier alpha value is -1.06. The van der Waals surface area contributed by atoms with Gasteiger partial charge in [-0.15, -0.1) is 0 Å². The summed E-state index contributed by atoms with van der Waals surface area (Å²) in [5.74, 6) is 8.97. The zero-order valence-electron chi connectivity index (χ0n) is 12.9. The van der Waals surface area contributed by atoms with Crippen LogP contribution in [0.15, 0.2) is 24.3 Å². The smallest absolute Gasteiger partial charge is 0.119 e. The van der Waals surface area contributed by atoms with Gasteiger partial charge in [0.15, 0.2) is 0 Å². The predicted octanol–water partition coefficient (Wildman–Crippen LogP) is 3.66. The monoisotopic (exact) mass is 276 g/mol. The molecule has 0 spiro atoms. The van der Waals surface area contributed by atoms with Crippen molar-refractivity contribution in [3.05, 3.63) is 29.8 Å². The van der Waals surface area contributed by atoms with Crippen LogP contribution in [0.2, 0.25) is 0 Å². The Bertz CT molecular complexity index is 411. The summed E-state index contributed by atoms with van der Waals surface area (Å²) in [4.78, 5) is 0. The van der Waals surface area contributed by atoms with Crippen LogP contribution in [0.5, 0.6) is 5.75 Å². The van der Waals surface area contributed by atoms with Gasteiger partial charge in [0.25, 0.3) is 0 Å². The van der Waals surface area contributed by atoms with E-state index in [1.807, 2.05) is 13.0 Å². The lowest BCUT2D eigenvalue weighted by atomic mass is 9.72. The highest BCUT2D eigenvalue weighted by Crippen LogP contribution is 2.39. The largest absolute Gasteiger partial charge is 0.494 e. The van der Waals surface area contributed by atoms with Crippen LogP contribution in [0.25, 0.3) is 0 Å². The van der Waals surface area contributed by atoms with Gasteiger partial charge in [0, 0.05) is 6.04 Å². The molecule has 20 heavy (non-hydrogen) atoms. The highest BCUT2D eigenvalue weighted by Gasteiger charge is 2.30. The average molecular weight is 276 g/mol. The third-order valence-corrected chi connectivity index (χ3v) is 4.39. The summed E-state index contributed by atoms with van der Waals surface area (Å²) < 4.78 is 5.60. The van der Waals surface area contributed by atoms with Crippen molar-refractivity contribution in [1.29, 1.82) is 0 Å². The van der Waals surface area contributed by atoms with Crippen LogP contribution in [-0.4, -0.2) is 6.61 Å². The molecule has 0 heterocycles. The second-order valence-electron chi connectivity index (χ2n) is 6.33. The van der Waals surface area contributed by atoms with E-state index < -0.39 is 0 Å². The van der Waals surface area contributed by atoms with Gasteiger partial charge in [0.05, 0.1) is 6.61 Å². The molecule has 1 aromatic carbocycles. The molecular weight excluding hydrogens is 248 g/mol. The fourth-order valence-electron chi connectivity index (χ4n) is 3.75. The molecule has 0 aromatic heterocycles. The number of hydrogen-bond donors (Lipinski definition) is 2. The number of rotatable bonds is 5. The maximum Gasteiger partial charge on any atom is 0.119 e. The fourth-order valence-corrected chi connectivity index (χ4v) is 3.75. The minimum atomic E-state index is 0.223. The van der Waals surface area contributed by atoms with E-state index in [0.29, 0.717) is 12.5 Å². The third-order valence-electron chi connectivity index (χ3n) is 4.39. The maximum atomic E-state index is 5.86. The van der Waals surface area contributed by atoms with E-state index in [0.717, 1.165) is 17.6 Å². The zero-order valence-corrected chi connectivity index (χ0v) is 12.9. The second kappa shape index (κ2) is 7.09. The van der Waals surface area contributed by atoms with Gasteiger partial charge in [0.2, 0.25) is 0 Å². The molecule has 3 heteroatoms. The Balaban J connectivity index is 2.16. The Kier molecular flexibility index (Phi) is 5.44. The molecule has 1 aliphatic carbocycles. The lowest BCUT2D eigenvalue weighted by Gasteiger charge is -2.36. The van der Waals surface area contributed by atoms with Crippen molar-refractivity contribution in [1.82, 2.24) is 5.43 Å². The second-order valence-corrected chi connectivity index (χ2v) is 6.33. The van der Waals surface area contributed by atoms with Crippen molar-refractivity contribution in [2.75, 3.05) is 6.61 Å².